The Labute approximate surface area is 111 Å². The lowest BCUT2D eigenvalue weighted by molar-refractivity contribution is 0.388. The van der Waals surface area contributed by atoms with Crippen LogP contribution in [-0.4, -0.2) is 18.6 Å². The number of hydrogen-bond acceptors (Lipinski definition) is 3. The van der Waals surface area contributed by atoms with Crippen LogP contribution in [0.4, 0.5) is 0 Å². The molecule has 0 saturated heterocycles. The summed E-state index contributed by atoms with van der Waals surface area (Å²) >= 11 is 0. The summed E-state index contributed by atoms with van der Waals surface area (Å²) in [5.41, 5.74) is 1.22. The highest BCUT2D eigenvalue weighted by Gasteiger charge is 2.14. The molecule has 102 valence electrons. The maximum atomic E-state index is 5.40. The molecule has 18 heavy (non-hydrogen) atoms. The second kappa shape index (κ2) is 8.09. The molecule has 0 aromatic carbocycles. The van der Waals surface area contributed by atoms with E-state index in [1.54, 1.807) is 13.3 Å². The lowest BCUT2D eigenvalue weighted by atomic mass is 9.98. The lowest BCUT2D eigenvalue weighted by Crippen LogP contribution is -2.21. The summed E-state index contributed by atoms with van der Waals surface area (Å²) in [6.45, 7) is 7.66. The Hall–Kier alpha value is -1.09. The Bertz CT molecular complexity index is 339. The molecule has 1 rings (SSSR count). The van der Waals surface area contributed by atoms with E-state index >= 15 is 0 Å². The van der Waals surface area contributed by atoms with E-state index in [0.29, 0.717) is 6.04 Å². The van der Waals surface area contributed by atoms with Gasteiger partial charge < -0.3 is 10.1 Å². The average molecular weight is 250 g/mol. The van der Waals surface area contributed by atoms with E-state index in [-0.39, 0.29) is 0 Å². The maximum Gasteiger partial charge on any atom is 0.141 e. The van der Waals surface area contributed by atoms with Gasteiger partial charge in [0.1, 0.15) is 5.75 Å². The molecule has 1 atom stereocenters. The Kier molecular flexibility index (Phi) is 6.73. The summed E-state index contributed by atoms with van der Waals surface area (Å²) in [4.78, 5) is 4.11. The Morgan fingerprint density at radius 3 is 2.72 bits per heavy atom. The zero-order valence-corrected chi connectivity index (χ0v) is 12.1. The number of aromatic nitrogens is 1. The number of methoxy groups -OCH3 is 1. The molecule has 0 aliphatic rings. The van der Waals surface area contributed by atoms with Crippen LogP contribution in [0.3, 0.4) is 0 Å². The number of rotatable bonds is 8. The molecule has 0 bridgehead atoms. The van der Waals surface area contributed by atoms with Crippen molar-refractivity contribution >= 4 is 0 Å². The topological polar surface area (TPSA) is 34.2 Å². The fourth-order valence-electron chi connectivity index (χ4n) is 2.19. The molecule has 0 radical (unpaired) electrons. The van der Waals surface area contributed by atoms with Crippen molar-refractivity contribution in [2.75, 3.05) is 13.7 Å². The summed E-state index contributed by atoms with van der Waals surface area (Å²) in [6, 6.07) is 2.42. The van der Waals surface area contributed by atoms with Gasteiger partial charge in [-0.15, -0.1) is 0 Å². The number of nitrogens with one attached hydrogen (secondary N) is 1. The highest BCUT2D eigenvalue weighted by molar-refractivity contribution is 5.32. The largest absolute Gasteiger partial charge is 0.495 e. The second-order valence-electron chi connectivity index (χ2n) is 5.05. The predicted molar refractivity (Wildman–Crippen MR) is 75.9 cm³/mol. The van der Waals surface area contributed by atoms with Crippen LogP contribution < -0.4 is 10.1 Å². The molecule has 3 heteroatoms. The molecule has 0 aliphatic heterocycles. The predicted octanol–water partition coefficient (Wildman–Crippen LogP) is 3.57. The average Bonchev–Trinajstić information content (AvgIpc) is 2.37. The fraction of sp³-hybridized carbons (Fsp3) is 0.667. The standard InChI is InChI=1S/C15H26N2O/c1-5-17-14(8-6-7-12(2)3)13-9-10-16-11-15(13)18-4/h9-12,14,17H,5-8H2,1-4H3. The second-order valence-corrected chi connectivity index (χ2v) is 5.05. The van der Waals surface area contributed by atoms with Gasteiger partial charge in [-0.1, -0.05) is 33.6 Å². The zero-order chi connectivity index (χ0) is 13.4. The highest BCUT2D eigenvalue weighted by atomic mass is 16.5. The van der Waals surface area contributed by atoms with Crippen molar-refractivity contribution in [2.24, 2.45) is 5.92 Å². The summed E-state index contributed by atoms with van der Waals surface area (Å²) in [7, 11) is 1.71. The van der Waals surface area contributed by atoms with Gasteiger partial charge >= 0.3 is 0 Å². The normalized spacial score (nSPS) is 12.7. The fourth-order valence-corrected chi connectivity index (χ4v) is 2.19. The van der Waals surface area contributed by atoms with Crippen molar-refractivity contribution in [1.82, 2.24) is 10.3 Å². The van der Waals surface area contributed by atoms with Gasteiger partial charge in [0.2, 0.25) is 0 Å². The van der Waals surface area contributed by atoms with Crippen LogP contribution in [-0.2, 0) is 0 Å². The third-order valence-corrected chi connectivity index (χ3v) is 3.14. The van der Waals surface area contributed by atoms with Crippen molar-refractivity contribution in [3.63, 3.8) is 0 Å². The van der Waals surface area contributed by atoms with Gasteiger partial charge in [0.15, 0.2) is 0 Å². The molecule has 1 aromatic heterocycles. The van der Waals surface area contributed by atoms with E-state index in [0.717, 1.165) is 24.6 Å². The molecule has 0 fully saturated rings. The van der Waals surface area contributed by atoms with Crippen molar-refractivity contribution in [3.05, 3.63) is 24.0 Å². The molecule has 1 heterocycles. The van der Waals surface area contributed by atoms with E-state index in [1.807, 2.05) is 6.20 Å². The minimum absolute atomic E-state index is 0.367. The molecular weight excluding hydrogens is 224 g/mol. The molecule has 3 nitrogen and oxygen atoms in total. The quantitative estimate of drug-likeness (QED) is 0.766. The molecule has 0 spiro atoms. The minimum Gasteiger partial charge on any atom is -0.495 e. The van der Waals surface area contributed by atoms with Crippen LogP contribution in [0, 0.1) is 5.92 Å². The first-order valence-corrected chi connectivity index (χ1v) is 6.90. The third kappa shape index (κ3) is 4.65. The lowest BCUT2D eigenvalue weighted by Gasteiger charge is -2.20. The highest BCUT2D eigenvalue weighted by Crippen LogP contribution is 2.27. The van der Waals surface area contributed by atoms with Crippen molar-refractivity contribution < 1.29 is 4.74 Å². The summed E-state index contributed by atoms with van der Waals surface area (Å²) in [6.07, 6.45) is 7.29. The summed E-state index contributed by atoms with van der Waals surface area (Å²) < 4.78 is 5.40. The van der Waals surface area contributed by atoms with Gasteiger partial charge in [0.05, 0.1) is 13.3 Å². The number of pyridine rings is 1. The summed E-state index contributed by atoms with van der Waals surface area (Å²) in [5, 5.41) is 3.54. The van der Waals surface area contributed by atoms with Gasteiger partial charge in [0.25, 0.3) is 0 Å². The molecule has 1 N–H and O–H groups in total. The van der Waals surface area contributed by atoms with Gasteiger partial charge in [-0.05, 0) is 24.9 Å². The van der Waals surface area contributed by atoms with E-state index in [1.165, 1.54) is 18.4 Å². The molecular formula is C15H26N2O. The van der Waals surface area contributed by atoms with Crippen LogP contribution in [0.2, 0.25) is 0 Å². The van der Waals surface area contributed by atoms with Gasteiger partial charge in [-0.25, -0.2) is 0 Å². The van der Waals surface area contributed by atoms with E-state index in [9.17, 15) is 0 Å². The molecule has 1 aromatic rings. The Morgan fingerprint density at radius 2 is 2.11 bits per heavy atom. The maximum absolute atomic E-state index is 5.40. The number of hydrogen-bond donors (Lipinski definition) is 1. The SMILES string of the molecule is CCNC(CCCC(C)C)c1ccncc1OC. The van der Waals surface area contributed by atoms with Gasteiger partial charge in [-0.3, -0.25) is 4.98 Å². The minimum atomic E-state index is 0.367. The van der Waals surface area contributed by atoms with Crippen molar-refractivity contribution in [2.45, 2.75) is 46.1 Å². The molecule has 0 aliphatic carbocycles. The van der Waals surface area contributed by atoms with E-state index in [2.05, 4.69) is 37.1 Å². The first-order valence-electron chi connectivity index (χ1n) is 6.90. The smallest absolute Gasteiger partial charge is 0.141 e. The molecule has 1 unspecified atom stereocenters. The molecule has 0 amide bonds. The van der Waals surface area contributed by atoms with E-state index in [4.69, 9.17) is 4.74 Å². The Balaban J connectivity index is 2.70. The number of nitrogens with zero attached hydrogens (tertiary/aromatic N) is 1. The zero-order valence-electron chi connectivity index (χ0n) is 12.1. The first kappa shape index (κ1) is 15.0. The number of ether oxygens (including phenoxy) is 1. The summed E-state index contributed by atoms with van der Waals surface area (Å²) in [5.74, 6) is 1.65. The van der Waals surface area contributed by atoms with Crippen LogP contribution in [0.25, 0.3) is 0 Å². The van der Waals surface area contributed by atoms with Crippen LogP contribution in [0.1, 0.15) is 51.6 Å². The third-order valence-electron chi connectivity index (χ3n) is 3.14. The van der Waals surface area contributed by atoms with Crippen LogP contribution in [0.15, 0.2) is 18.5 Å². The monoisotopic (exact) mass is 250 g/mol. The van der Waals surface area contributed by atoms with Crippen molar-refractivity contribution in [1.29, 1.82) is 0 Å². The van der Waals surface area contributed by atoms with Crippen LogP contribution in [0.5, 0.6) is 5.75 Å². The van der Waals surface area contributed by atoms with Crippen molar-refractivity contribution in [3.8, 4) is 5.75 Å². The molecule has 0 saturated carbocycles. The van der Waals surface area contributed by atoms with Crippen LogP contribution >= 0.6 is 0 Å². The Morgan fingerprint density at radius 1 is 1.33 bits per heavy atom. The van der Waals surface area contributed by atoms with Gasteiger partial charge in [0, 0.05) is 17.8 Å². The van der Waals surface area contributed by atoms with Gasteiger partial charge in [-0.2, -0.15) is 0 Å². The van der Waals surface area contributed by atoms with E-state index < -0.39 is 0 Å². The first-order chi connectivity index (χ1) is 8.69.